The van der Waals surface area contributed by atoms with Crippen molar-refractivity contribution in [2.45, 2.75) is 9.79 Å². The number of sulfonamides is 2. The summed E-state index contributed by atoms with van der Waals surface area (Å²) in [6.07, 6.45) is 0. The van der Waals surface area contributed by atoms with Crippen molar-refractivity contribution in [3.05, 3.63) is 72.8 Å². The van der Waals surface area contributed by atoms with E-state index in [2.05, 4.69) is 9.44 Å². The molecule has 0 spiro atoms. The Hall–Kier alpha value is -3.24. The number of methoxy groups -OCH3 is 2. The number of ether oxygens (including phenoxy) is 2. The van der Waals surface area contributed by atoms with Gasteiger partial charge in [0.2, 0.25) is 0 Å². The minimum atomic E-state index is -4.06. The van der Waals surface area contributed by atoms with Gasteiger partial charge in [0.05, 0.1) is 35.4 Å². The van der Waals surface area contributed by atoms with Crippen LogP contribution in [-0.2, 0) is 20.0 Å². The number of benzene rings is 3. The number of hydrogen-bond donors (Lipinski definition) is 2. The summed E-state index contributed by atoms with van der Waals surface area (Å²) in [5.74, 6) is 0.672. The normalized spacial score (nSPS) is 11.5. The Bertz CT molecular complexity index is 1160. The number of hydrogen-bond acceptors (Lipinski definition) is 6. The summed E-state index contributed by atoms with van der Waals surface area (Å²) in [5.41, 5.74) is 0.473. The Morgan fingerprint density at radius 2 is 1.00 bits per heavy atom. The highest BCUT2D eigenvalue weighted by Crippen LogP contribution is 2.29. The molecule has 0 saturated carbocycles. The Morgan fingerprint density at radius 3 is 1.40 bits per heavy atom. The summed E-state index contributed by atoms with van der Waals surface area (Å²) >= 11 is 0. The number of anilines is 2. The van der Waals surface area contributed by atoms with Crippen LogP contribution in [0.2, 0.25) is 0 Å². The smallest absolute Gasteiger partial charge is 0.262 e. The van der Waals surface area contributed by atoms with Gasteiger partial charge >= 0.3 is 0 Å². The summed E-state index contributed by atoms with van der Waals surface area (Å²) in [7, 11) is -5.28. The van der Waals surface area contributed by atoms with Crippen LogP contribution in [0.3, 0.4) is 0 Å². The molecule has 0 saturated heterocycles. The van der Waals surface area contributed by atoms with Crippen LogP contribution in [0.1, 0.15) is 0 Å². The molecular formula is C20H20N2O6S2. The zero-order valence-electron chi connectivity index (χ0n) is 16.2. The third kappa shape index (κ3) is 4.66. The average molecular weight is 449 g/mol. The third-order valence-electron chi connectivity index (χ3n) is 4.13. The quantitative estimate of drug-likeness (QED) is 0.547. The van der Waals surface area contributed by atoms with Crippen LogP contribution in [0.25, 0.3) is 0 Å². The van der Waals surface area contributed by atoms with E-state index < -0.39 is 20.0 Å². The summed E-state index contributed by atoms with van der Waals surface area (Å²) in [4.78, 5) is -0.424. The molecule has 3 aromatic rings. The first-order valence-electron chi connectivity index (χ1n) is 8.68. The molecule has 3 rings (SSSR count). The van der Waals surface area contributed by atoms with Gasteiger partial charge in [-0.15, -0.1) is 0 Å². The van der Waals surface area contributed by atoms with Crippen molar-refractivity contribution in [2.24, 2.45) is 0 Å². The number of rotatable bonds is 8. The lowest BCUT2D eigenvalue weighted by molar-refractivity contribution is 0.417. The van der Waals surface area contributed by atoms with E-state index >= 15 is 0 Å². The summed E-state index contributed by atoms with van der Waals surface area (Å²) < 4.78 is 66.3. The average Bonchev–Trinajstić information content (AvgIpc) is 2.74. The van der Waals surface area contributed by atoms with Gasteiger partial charge in [0.1, 0.15) is 11.5 Å². The van der Waals surface area contributed by atoms with Gasteiger partial charge in [-0.2, -0.15) is 0 Å². The highest BCUT2D eigenvalue weighted by Gasteiger charge is 2.21. The van der Waals surface area contributed by atoms with E-state index in [-0.39, 0.29) is 21.2 Å². The van der Waals surface area contributed by atoms with Crippen LogP contribution in [0.15, 0.2) is 82.6 Å². The zero-order valence-corrected chi connectivity index (χ0v) is 17.8. The van der Waals surface area contributed by atoms with Crippen molar-refractivity contribution in [1.82, 2.24) is 0 Å². The first kappa shape index (κ1) is 21.5. The van der Waals surface area contributed by atoms with E-state index in [4.69, 9.17) is 9.47 Å². The minimum Gasteiger partial charge on any atom is -0.495 e. The fourth-order valence-electron chi connectivity index (χ4n) is 2.67. The lowest BCUT2D eigenvalue weighted by Gasteiger charge is -2.14. The van der Waals surface area contributed by atoms with Gasteiger partial charge in [0, 0.05) is 0 Å². The molecule has 0 aromatic heterocycles. The van der Waals surface area contributed by atoms with Crippen LogP contribution in [0, 0.1) is 0 Å². The van der Waals surface area contributed by atoms with Crippen molar-refractivity contribution in [1.29, 1.82) is 0 Å². The van der Waals surface area contributed by atoms with Crippen LogP contribution in [-0.4, -0.2) is 31.1 Å². The Morgan fingerprint density at radius 1 is 0.600 bits per heavy atom. The Balaban J connectivity index is 1.93. The van der Waals surface area contributed by atoms with Gasteiger partial charge in [-0.1, -0.05) is 30.3 Å². The molecule has 0 atom stereocenters. The van der Waals surface area contributed by atoms with Crippen LogP contribution >= 0.6 is 0 Å². The molecule has 8 nitrogen and oxygen atoms in total. The molecule has 0 unspecified atom stereocenters. The molecular weight excluding hydrogens is 428 g/mol. The fourth-order valence-corrected chi connectivity index (χ4v) is 4.98. The molecule has 10 heteroatoms. The molecule has 0 radical (unpaired) electrons. The van der Waals surface area contributed by atoms with Crippen LogP contribution in [0.5, 0.6) is 11.5 Å². The van der Waals surface area contributed by atoms with E-state index in [1.807, 2.05) is 0 Å². The molecule has 30 heavy (non-hydrogen) atoms. The second-order valence-corrected chi connectivity index (χ2v) is 9.45. The molecule has 158 valence electrons. The lowest BCUT2D eigenvalue weighted by atomic mass is 10.3. The molecule has 2 N–H and O–H groups in total. The first-order valence-corrected chi connectivity index (χ1v) is 11.7. The predicted molar refractivity (Wildman–Crippen MR) is 114 cm³/mol. The summed E-state index contributed by atoms with van der Waals surface area (Å²) in [6.45, 7) is 0. The maximum absolute atomic E-state index is 12.8. The monoisotopic (exact) mass is 448 g/mol. The van der Waals surface area contributed by atoms with Crippen molar-refractivity contribution >= 4 is 31.4 Å². The van der Waals surface area contributed by atoms with Gasteiger partial charge in [0.25, 0.3) is 20.0 Å². The van der Waals surface area contributed by atoms with Crippen LogP contribution < -0.4 is 18.9 Å². The Kier molecular flexibility index (Phi) is 6.18. The second kappa shape index (κ2) is 8.64. The first-order chi connectivity index (χ1) is 14.3. The number of para-hydroxylation sites is 4. The van der Waals surface area contributed by atoms with Gasteiger partial charge in [0.15, 0.2) is 0 Å². The Labute approximate surface area is 175 Å². The third-order valence-corrected chi connectivity index (χ3v) is 6.86. The van der Waals surface area contributed by atoms with Crippen molar-refractivity contribution in [3.63, 3.8) is 0 Å². The van der Waals surface area contributed by atoms with E-state index in [0.717, 1.165) is 6.07 Å². The van der Waals surface area contributed by atoms with Crippen molar-refractivity contribution < 1.29 is 26.3 Å². The molecule has 0 aliphatic carbocycles. The van der Waals surface area contributed by atoms with Gasteiger partial charge in [-0.05, 0) is 42.5 Å². The highest BCUT2D eigenvalue weighted by molar-refractivity contribution is 7.93. The predicted octanol–water partition coefficient (Wildman–Crippen LogP) is 3.31. The molecule has 0 aliphatic rings. The van der Waals surface area contributed by atoms with Crippen LogP contribution in [0.4, 0.5) is 11.4 Å². The topological polar surface area (TPSA) is 111 Å². The molecule has 0 heterocycles. The maximum Gasteiger partial charge on any atom is 0.262 e. The SMILES string of the molecule is COc1ccccc1NS(=O)(=O)c1cccc(S(=O)(=O)Nc2ccccc2OC)c1. The van der Waals surface area contributed by atoms with E-state index in [9.17, 15) is 16.8 Å². The van der Waals surface area contributed by atoms with E-state index in [1.54, 1.807) is 48.5 Å². The highest BCUT2D eigenvalue weighted by atomic mass is 32.2. The molecule has 0 amide bonds. The maximum atomic E-state index is 12.8. The van der Waals surface area contributed by atoms with Crippen molar-refractivity contribution in [3.8, 4) is 11.5 Å². The minimum absolute atomic E-state index is 0.212. The molecule has 3 aromatic carbocycles. The van der Waals surface area contributed by atoms with Gasteiger partial charge in [-0.3, -0.25) is 9.44 Å². The van der Waals surface area contributed by atoms with Gasteiger partial charge in [-0.25, -0.2) is 16.8 Å². The van der Waals surface area contributed by atoms with E-state index in [0.29, 0.717) is 11.5 Å². The molecule has 0 fully saturated rings. The standard InChI is InChI=1S/C20H20N2O6S2/c1-27-19-12-5-3-10-17(19)21-29(23,24)15-8-7-9-16(14-15)30(25,26)22-18-11-4-6-13-20(18)28-2/h3-14,21-22H,1-2H3. The van der Waals surface area contributed by atoms with Crippen molar-refractivity contribution in [2.75, 3.05) is 23.7 Å². The zero-order chi connectivity index (χ0) is 21.8. The fraction of sp³-hybridized carbons (Fsp3) is 0.100. The second-order valence-electron chi connectivity index (χ2n) is 6.09. The number of nitrogens with one attached hydrogen (secondary N) is 2. The molecule has 0 aliphatic heterocycles. The van der Waals surface area contributed by atoms with E-state index in [1.165, 1.54) is 32.4 Å². The van der Waals surface area contributed by atoms with Gasteiger partial charge < -0.3 is 9.47 Å². The largest absolute Gasteiger partial charge is 0.495 e. The summed E-state index contributed by atoms with van der Waals surface area (Å²) in [6, 6.07) is 18.0. The molecule has 0 bridgehead atoms. The lowest BCUT2D eigenvalue weighted by Crippen LogP contribution is -2.16. The summed E-state index contributed by atoms with van der Waals surface area (Å²) in [5, 5.41) is 0.